The molecule has 1 saturated heterocycles. The second kappa shape index (κ2) is 8.83. The van der Waals surface area contributed by atoms with Crippen LogP contribution >= 0.6 is 0 Å². The zero-order chi connectivity index (χ0) is 21.1. The van der Waals surface area contributed by atoms with Gasteiger partial charge in [0.1, 0.15) is 11.9 Å². The Hall–Kier alpha value is -2.93. The molecule has 1 amide bonds. The summed E-state index contributed by atoms with van der Waals surface area (Å²) in [6.45, 7) is 7.05. The number of hydrogen-bond acceptors (Lipinski definition) is 5. The standard InChI is InChI=1S/C23H28N4O3/c1-15(13-20-16(2)26-30-17(20)3)25-23(28)19-10-12-29-22(19)21-9-11-24-27(21)14-18-7-5-4-6-8-18/h4-9,11,15,19,22H,10,12-14H2,1-3H3,(H,25,28)/t15-,19+,22+/m1/s1. The topological polar surface area (TPSA) is 82.2 Å². The van der Waals surface area contributed by atoms with E-state index >= 15 is 0 Å². The predicted molar refractivity (Wildman–Crippen MR) is 112 cm³/mol. The van der Waals surface area contributed by atoms with Gasteiger partial charge in [-0.05, 0) is 45.2 Å². The van der Waals surface area contributed by atoms with Gasteiger partial charge in [0.15, 0.2) is 0 Å². The van der Waals surface area contributed by atoms with Crippen LogP contribution in [0.25, 0.3) is 0 Å². The minimum absolute atomic E-state index is 0.0178. The highest BCUT2D eigenvalue weighted by Gasteiger charge is 2.37. The van der Waals surface area contributed by atoms with Crippen LogP contribution in [0, 0.1) is 19.8 Å². The van der Waals surface area contributed by atoms with Gasteiger partial charge in [0.2, 0.25) is 5.91 Å². The quantitative estimate of drug-likeness (QED) is 0.648. The van der Waals surface area contributed by atoms with Crippen molar-refractivity contribution in [2.75, 3.05) is 6.61 Å². The van der Waals surface area contributed by atoms with E-state index in [4.69, 9.17) is 9.26 Å². The van der Waals surface area contributed by atoms with E-state index in [1.165, 1.54) is 0 Å². The molecule has 4 rings (SSSR count). The molecule has 0 radical (unpaired) electrons. The summed E-state index contributed by atoms with van der Waals surface area (Å²) in [6, 6.07) is 12.1. The van der Waals surface area contributed by atoms with Gasteiger partial charge in [0.25, 0.3) is 0 Å². The molecule has 2 aromatic heterocycles. The first-order valence-corrected chi connectivity index (χ1v) is 10.4. The van der Waals surface area contributed by atoms with Crippen molar-refractivity contribution in [3.8, 4) is 0 Å². The number of nitrogens with zero attached hydrogens (tertiary/aromatic N) is 3. The SMILES string of the molecule is Cc1noc(C)c1C[C@@H](C)NC(=O)[C@H]1CCO[C@@H]1c1ccnn1Cc1ccccc1. The van der Waals surface area contributed by atoms with E-state index < -0.39 is 0 Å². The number of nitrogens with one attached hydrogen (secondary N) is 1. The largest absolute Gasteiger partial charge is 0.371 e. The summed E-state index contributed by atoms with van der Waals surface area (Å²) >= 11 is 0. The third kappa shape index (κ3) is 4.31. The Balaban J connectivity index is 1.44. The molecule has 0 aliphatic carbocycles. The number of rotatable bonds is 7. The van der Waals surface area contributed by atoms with Gasteiger partial charge < -0.3 is 14.6 Å². The maximum atomic E-state index is 13.1. The van der Waals surface area contributed by atoms with Crippen LogP contribution in [0.15, 0.2) is 47.1 Å². The van der Waals surface area contributed by atoms with Crippen molar-refractivity contribution in [1.29, 1.82) is 0 Å². The van der Waals surface area contributed by atoms with Crippen molar-refractivity contribution in [2.45, 2.75) is 52.3 Å². The number of benzene rings is 1. The van der Waals surface area contributed by atoms with Crippen LogP contribution in [-0.4, -0.2) is 33.5 Å². The van der Waals surface area contributed by atoms with Crippen molar-refractivity contribution in [1.82, 2.24) is 20.3 Å². The van der Waals surface area contributed by atoms with E-state index in [9.17, 15) is 4.79 Å². The molecule has 3 aromatic rings. The molecule has 0 unspecified atom stereocenters. The molecule has 3 atom stereocenters. The lowest BCUT2D eigenvalue weighted by Gasteiger charge is -2.22. The van der Waals surface area contributed by atoms with Gasteiger partial charge in [0, 0.05) is 24.4 Å². The van der Waals surface area contributed by atoms with Crippen LogP contribution < -0.4 is 5.32 Å². The molecule has 1 aliphatic rings. The highest BCUT2D eigenvalue weighted by molar-refractivity contribution is 5.80. The molecule has 158 valence electrons. The summed E-state index contributed by atoms with van der Waals surface area (Å²) in [5, 5.41) is 11.6. The molecule has 1 aromatic carbocycles. The molecule has 30 heavy (non-hydrogen) atoms. The fourth-order valence-electron chi connectivity index (χ4n) is 4.12. The minimum Gasteiger partial charge on any atom is -0.371 e. The zero-order valence-corrected chi connectivity index (χ0v) is 17.7. The van der Waals surface area contributed by atoms with Crippen LogP contribution in [0.2, 0.25) is 0 Å². The van der Waals surface area contributed by atoms with Gasteiger partial charge in [-0.2, -0.15) is 5.10 Å². The first-order chi connectivity index (χ1) is 14.5. The lowest BCUT2D eigenvalue weighted by atomic mass is 9.96. The highest BCUT2D eigenvalue weighted by atomic mass is 16.5. The molecule has 0 bridgehead atoms. The number of aryl methyl sites for hydroxylation is 2. The van der Waals surface area contributed by atoms with Gasteiger partial charge in [0.05, 0.1) is 23.9 Å². The molecule has 7 nitrogen and oxygen atoms in total. The number of carbonyl (C=O) groups excluding carboxylic acids is 1. The smallest absolute Gasteiger partial charge is 0.226 e. The summed E-state index contributed by atoms with van der Waals surface area (Å²) in [5.74, 6) is 0.591. The van der Waals surface area contributed by atoms with E-state index in [2.05, 4.69) is 27.7 Å². The average Bonchev–Trinajstić information content (AvgIpc) is 3.45. The Bertz CT molecular complexity index is 976. The van der Waals surface area contributed by atoms with Crippen molar-refractivity contribution in [3.63, 3.8) is 0 Å². The van der Waals surface area contributed by atoms with Crippen LogP contribution in [0.3, 0.4) is 0 Å². The van der Waals surface area contributed by atoms with Crippen molar-refractivity contribution in [2.24, 2.45) is 5.92 Å². The molecular formula is C23H28N4O3. The zero-order valence-electron chi connectivity index (χ0n) is 17.7. The number of aromatic nitrogens is 3. The molecule has 0 saturated carbocycles. The molecule has 7 heteroatoms. The molecular weight excluding hydrogens is 380 g/mol. The fraction of sp³-hybridized carbons (Fsp3) is 0.435. The first kappa shape index (κ1) is 20.3. The molecule has 1 N–H and O–H groups in total. The van der Waals surface area contributed by atoms with Crippen molar-refractivity contribution >= 4 is 5.91 Å². The van der Waals surface area contributed by atoms with Crippen molar-refractivity contribution in [3.05, 3.63) is 70.9 Å². The van der Waals surface area contributed by atoms with Gasteiger partial charge in [-0.15, -0.1) is 0 Å². The van der Waals surface area contributed by atoms with Gasteiger partial charge in [-0.3, -0.25) is 9.48 Å². The van der Waals surface area contributed by atoms with E-state index in [-0.39, 0.29) is 24.0 Å². The van der Waals surface area contributed by atoms with Crippen LogP contribution in [0.1, 0.15) is 47.7 Å². The molecule has 1 fully saturated rings. The summed E-state index contributed by atoms with van der Waals surface area (Å²) in [6.07, 6.45) is 2.87. The Morgan fingerprint density at radius 3 is 2.80 bits per heavy atom. The van der Waals surface area contributed by atoms with E-state index in [0.717, 1.165) is 28.3 Å². The number of ether oxygens (including phenoxy) is 1. The first-order valence-electron chi connectivity index (χ1n) is 10.4. The lowest BCUT2D eigenvalue weighted by Crippen LogP contribution is -2.39. The summed E-state index contributed by atoms with van der Waals surface area (Å²) in [4.78, 5) is 13.1. The number of carbonyl (C=O) groups is 1. The van der Waals surface area contributed by atoms with E-state index in [1.807, 2.05) is 49.7 Å². The molecule has 3 heterocycles. The predicted octanol–water partition coefficient (Wildman–Crippen LogP) is 3.36. The fourth-order valence-corrected chi connectivity index (χ4v) is 4.12. The summed E-state index contributed by atoms with van der Waals surface area (Å²) in [5.41, 5.74) is 4.04. The average molecular weight is 409 g/mol. The number of hydrogen-bond donors (Lipinski definition) is 1. The van der Waals surface area contributed by atoms with Gasteiger partial charge in [-0.1, -0.05) is 35.5 Å². The van der Waals surface area contributed by atoms with E-state index in [0.29, 0.717) is 26.0 Å². The minimum atomic E-state index is -0.289. The Labute approximate surface area is 176 Å². The van der Waals surface area contributed by atoms with Crippen LogP contribution in [-0.2, 0) is 22.5 Å². The third-order valence-corrected chi connectivity index (χ3v) is 5.72. The highest BCUT2D eigenvalue weighted by Crippen LogP contribution is 2.35. The number of amides is 1. The Morgan fingerprint density at radius 1 is 1.27 bits per heavy atom. The maximum absolute atomic E-state index is 13.1. The van der Waals surface area contributed by atoms with E-state index in [1.54, 1.807) is 6.20 Å². The molecule has 1 aliphatic heterocycles. The van der Waals surface area contributed by atoms with Crippen molar-refractivity contribution < 1.29 is 14.1 Å². The third-order valence-electron chi connectivity index (χ3n) is 5.72. The summed E-state index contributed by atoms with van der Waals surface area (Å²) in [7, 11) is 0. The Morgan fingerprint density at radius 2 is 2.07 bits per heavy atom. The lowest BCUT2D eigenvalue weighted by molar-refractivity contribution is -0.127. The normalized spacial score (nSPS) is 19.7. The summed E-state index contributed by atoms with van der Waals surface area (Å²) < 4.78 is 13.2. The Kier molecular flexibility index (Phi) is 5.99. The second-order valence-electron chi connectivity index (χ2n) is 8.00. The monoisotopic (exact) mass is 408 g/mol. The second-order valence-corrected chi connectivity index (χ2v) is 8.00. The van der Waals surface area contributed by atoms with Crippen LogP contribution in [0.4, 0.5) is 0 Å². The van der Waals surface area contributed by atoms with Crippen LogP contribution in [0.5, 0.6) is 0 Å². The van der Waals surface area contributed by atoms with Gasteiger partial charge in [-0.25, -0.2) is 0 Å². The van der Waals surface area contributed by atoms with Gasteiger partial charge >= 0.3 is 0 Å². The molecule has 0 spiro atoms. The maximum Gasteiger partial charge on any atom is 0.226 e.